The van der Waals surface area contributed by atoms with Crippen LogP contribution in [0.15, 0.2) is 30.6 Å². The Kier molecular flexibility index (Phi) is 7.94. The third-order valence-electron chi connectivity index (χ3n) is 7.23. The second-order valence-corrected chi connectivity index (χ2v) is 9.69. The Morgan fingerprint density at radius 2 is 1.97 bits per heavy atom. The van der Waals surface area contributed by atoms with E-state index in [-0.39, 0.29) is 11.9 Å². The Labute approximate surface area is 219 Å². The SMILES string of the molecule is CCOc1cc(C(C)N2CCc3c(cc(CCN(C)CC)cc3-c3cn(C)nc3C)C2=O)ncc1C#N. The van der Waals surface area contributed by atoms with Crippen molar-refractivity contribution in [3.63, 3.8) is 0 Å². The van der Waals surface area contributed by atoms with Gasteiger partial charge in [0.15, 0.2) is 0 Å². The number of benzene rings is 1. The third kappa shape index (κ3) is 5.37. The number of rotatable bonds is 9. The lowest BCUT2D eigenvalue weighted by Crippen LogP contribution is -2.40. The molecule has 8 nitrogen and oxygen atoms in total. The normalized spacial score (nSPS) is 14.0. The van der Waals surface area contributed by atoms with Gasteiger partial charge in [-0.05, 0) is 70.0 Å². The molecule has 0 saturated carbocycles. The van der Waals surface area contributed by atoms with E-state index in [0.717, 1.165) is 59.4 Å². The molecule has 1 aliphatic rings. The summed E-state index contributed by atoms with van der Waals surface area (Å²) < 4.78 is 7.49. The molecule has 1 amide bonds. The minimum Gasteiger partial charge on any atom is -0.492 e. The molecule has 8 heteroatoms. The average molecular weight is 501 g/mol. The summed E-state index contributed by atoms with van der Waals surface area (Å²) in [6, 6.07) is 7.98. The van der Waals surface area contributed by atoms with Crippen molar-refractivity contribution in [3.05, 3.63) is 64.2 Å². The monoisotopic (exact) mass is 500 g/mol. The molecule has 4 rings (SSSR count). The van der Waals surface area contributed by atoms with Crippen molar-refractivity contribution in [2.75, 3.05) is 33.3 Å². The average Bonchev–Trinajstić information content (AvgIpc) is 3.24. The summed E-state index contributed by atoms with van der Waals surface area (Å²) >= 11 is 0. The van der Waals surface area contributed by atoms with Gasteiger partial charge in [0.1, 0.15) is 17.4 Å². The molecule has 194 valence electrons. The van der Waals surface area contributed by atoms with Gasteiger partial charge in [-0.3, -0.25) is 14.5 Å². The van der Waals surface area contributed by atoms with Gasteiger partial charge in [-0.25, -0.2) is 0 Å². The second-order valence-electron chi connectivity index (χ2n) is 9.69. The van der Waals surface area contributed by atoms with E-state index in [9.17, 15) is 10.1 Å². The number of hydrogen-bond acceptors (Lipinski definition) is 6. The van der Waals surface area contributed by atoms with Crippen LogP contribution in [-0.4, -0.2) is 63.8 Å². The number of ether oxygens (including phenoxy) is 1. The predicted octanol–water partition coefficient (Wildman–Crippen LogP) is 4.31. The highest BCUT2D eigenvalue weighted by Crippen LogP contribution is 2.36. The number of fused-ring (bicyclic) bond motifs is 1. The topological polar surface area (TPSA) is 87.3 Å². The summed E-state index contributed by atoms with van der Waals surface area (Å²) in [5.41, 5.74) is 7.24. The number of hydrogen-bond donors (Lipinski definition) is 0. The molecule has 3 heterocycles. The quantitative estimate of drug-likeness (QED) is 0.435. The predicted molar refractivity (Wildman–Crippen MR) is 144 cm³/mol. The van der Waals surface area contributed by atoms with Crippen LogP contribution < -0.4 is 4.74 Å². The van der Waals surface area contributed by atoms with Gasteiger partial charge in [0, 0.05) is 49.7 Å². The van der Waals surface area contributed by atoms with Gasteiger partial charge in [-0.1, -0.05) is 13.0 Å². The number of nitriles is 1. The molecule has 1 unspecified atom stereocenters. The fraction of sp³-hybridized carbons (Fsp3) is 0.448. The molecule has 0 N–H and O–H groups in total. The number of likely N-dealkylation sites (N-methyl/N-ethyl adjacent to an activating group) is 1. The largest absolute Gasteiger partial charge is 0.492 e. The van der Waals surface area contributed by atoms with Crippen molar-refractivity contribution in [1.82, 2.24) is 24.6 Å². The fourth-order valence-corrected chi connectivity index (χ4v) is 4.98. The summed E-state index contributed by atoms with van der Waals surface area (Å²) in [5.74, 6) is 0.509. The molecular weight excluding hydrogens is 464 g/mol. The van der Waals surface area contributed by atoms with Crippen LogP contribution in [0.5, 0.6) is 5.75 Å². The maximum absolute atomic E-state index is 14.0. The number of amides is 1. The molecule has 0 bridgehead atoms. The first kappa shape index (κ1) is 26.4. The van der Waals surface area contributed by atoms with Gasteiger partial charge in [0.2, 0.25) is 0 Å². The van der Waals surface area contributed by atoms with E-state index in [0.29, 0.717) is 30.2 Å². The van der Waals surface area contributed by atoms with E-state index >= 15 is 0 Å². The van der Waals surface area contributed by atoms with Gasteiger partial charge >= 0.3 is 0 Å². The van der Waals surface area contributed by atoms with Gasteiger partial charge in [-0.2, -0.15) is 10.4 Å². The zero-order chi connectivity index (χ0) is 26.7. The highest BCUT2D eigenvalue weighted by atomic mass is 16.5. The Morgan fingerprint density at radius 1 is 1.22 bits per heavy atom. The maximum Gasteiger partial charge on any atom is 0.254 e. The van der Waals surface area contributed by atoms with E-state index in [2.05, 4.69) is 47.2 Å². The van der Waals surface area contributed by atoms with E-state index in [1.54, 1.807) is 6.07 Å². The Balaban J connectivity index is 1.73. The molecular formula is C29H36N6O2. The van der Waals surface area contributed by atoms with Crippen LogP contribution in [-0.2, 0) is 19.9 Å². The van der Waals surface area contributed by atoms with Crippen molar-refractivity contribution in [1.29, 1.82) is 5.26 Å². The highest BCUT2D eigenvalue weighted by molar-refractivity contribution is 5.99. The summed E-state index contributed by atoms with van der Waals surface area (Å²) in [5, 5.41) is 14.0. The van der Waals surface area contributed by atoms with Crippen LogP contribution in [0.1, 0.15) is 65.2 Å². The zero-order valence-electron chi connectivity index (χ0n) is 22.7. The first-order valence-corrected chi connectivity index (χ1v) is 13.0. The molecule has 1 aliphatic heterocycles. The number of pyridine rings is 1. The van der Waals surface area contributed by atoms with Gasteiger partial charge in [0.05, 0.1) is 24.0 Å². The van der Waals surface area contributed by atoms with Crippen molar-refractivity contribution in [2.24, 2.45) is 7.05 Å². The molecule has 0 fully saturated rings. The Hall–Kier alpha value is -3.70. The van der Waals surface area contributed by atoms with Crippen molar-refractivity contribution >= 4 is 5.91 Å². The number of carbonyl (C=O) groups excluding carboxylic acids is 1. The molecule has 0 radical (unpaired) electrons. The number of aryl methyl sites for hydroxylation is 2. The summed E-state index contributed by atoms with van der Waals surface area (Å²) in [6.07, 6.45) is 5.19. The standard InChI is InChI=1S/C29H36N6O2/c1-7-33(5)11-9-21-13-24(26-18-34(6)32-19(26)3)23-10-12-35(29(36)25(23)14-21)20(4)27-15-28(37-8-2)22(16-30)17-31-27/h13-15,17-18,20H,7-12H2,1-6H3. The van der Waals surface area contributed by atoms with E-state index in [1.807, 2.05) is 43.6 Å². The van der Waals surface area contributed by atoms with Gasteiger partial charge in [-0.15, -0.1) is 0 Å². The van der Waals surface area contributed by atoms with Crippen LogP contribution >= 0.6 is 0 Å². The summed E-state index contributed by atoms with van der Waals surface area (Å²) in [4.78, 5) is 22.6. The molecule has 1 aromatic carbocycles. The zero-order valence-corrected chi connectivity index (χ0v) is 22.7. The lowest BCUT2D eigenvalue weighted by molar-refractivity contribution is 0.0669. The molecule has 0 aliphatic carbocycles. The van der Waals surface area contributed by atoms with Crippen molar-refractivity contribution in [3.8, 4) is 22.9 Å². The van der Waals surface area contributed by atoms with Crippen LogP contribution in [0.4, 0.5) is 0 Å². The smallest absolute Gasteiger partial charge is 0.254 e. The van der Waals surface area contributed by atoms with Crippen molar-refractivity contribution < 1.29 is 9.53 Å². The van der Waals surface area contributed by atoms with E-state index in [1.165, 1.54) is 6.20 Å². The fourth-order valence-electron chi connectivity index (χ4n) is 4.98. The summed E-state index contributed by atoms with van der Waals surface area (Å²) in [6.45, 7) is 11.0. The minimum atomic E-state index is -0.258. The van der Waals surface area contributed by atoms with Gasteiger partial charge in [0.25, 0.3) is 5.91 Å². The second kappa shape index (κ2) is 11.1. The van der Waals surface area contributed by atoms with Crippen LogP contribution in [0, 0.1) is 18.3 Å². The highest BCUT2D eigenvalue weighted by Gasteiger charge is 2.32. The molecule has 1 atom stereocenters. The van der Waals surface area contributed by atoms with Crippen LogP contribution in [0.3, 0.4) is 0 Å². The lowest BCUT2D eigenvalue weighted by Gasteiger charge is -2.34. The van der Waals surface area contributed by atoms with E-state index in [4.69, 9.17) is 4.74 Å². The first-order chi connectivity index (χ1) is 17.8. The maximum atomic E-state index is 14.0. The lowest BCUT2D eigenvalue weighted by atomic mass is 9.87. The van der Waals surface area contributed by atoms with Crippen LogP contribution in [0.25, 0.3) is 11.1 Å². The number of carbonyl (C=O) groups is 1. The molecule has 3 aromatic rings. The number of nitrogens with zero attached hydrogens (tertiary/aromatic N) is 6. The minimum absolute atomic E-state index is 0.00589. The molecule has 37 heavy (non-hydrogen) atoms. The number of aromatic nitrogens is 3. The molecule has 0 saturated heterocycles. The first-order valence-electron chi connectivity index (χ1n) is 13.0. The van der Waals surface area contributed by atoms with E-state index < -0.39 is 0 Å². The molecule has 2 aromatic heterocycles. The Bertz CT molecular complexity index is 1340. The Morgan fingerprint density at radius 3 is 2.62 bits per heavy atom. The van der Waals surface area contributed by atoms with Crippen molar-refractivity contribution in [2.45, 2.75) is 46.6 Å². The van der Waals surface area contributed by atoms with Crippen LogP contribution in [0.2, 0.25) is 0 Å². The van der Waals surface area contributed by atoms with Gasteiger partial charge < -0.3 is 14.5 Å². The third-order valence-corrected chi connectivity index (χ3v) is 7.23. The summed E-state index contributed by atoms with van der Waals surface area (Å²) in [7, 11) is 4.04. The molecule has 0 spiro atoms.